The summed E-state index contributed by atoms with van der Waals surface area (Å²) in [6.45, 7) is 10.8. The summed E-state index contributed by atoms with van der Waals surface area (Å²) in [6.07, 6.45) is 0.854. The lowest BCUT2D eigenvalue weighted by atomic mass is 10.2. The number of hydrogen-bond acceptors (Lipinski definition) is 2. The predicted octanol–water partition coefficient (Wildman–Crippen LogP) is 1.60. The fraction of sp³-hybridized carbons (Fsp3) is 0.600. The maximum Gasteiger partial charge on any atom is 0.255 e. The van der Waals surface area contributed by atoms with Crippen LogP contribution in [0.1, 0.15) is 41.6 Å². The summed E-state index contributed by atoms with van der Waals surface area (Å²) in [5, 5.41) is 0. The summed E-state index contributed by atoms with van der Waals surface area (Å²) in [4.78, 5) is 26.9. The molecule has 1 aliphatic rings. The summed E-state index contributed by atoms with van der Waals surface area (Å²) >= 11 is 0. The van der Waals surface area contributed by atoms with Crippen LogP contribution in [0.2, 0.25) is 0 Å². The van der Waals surface area contributed by atoms with Gasteiger partial charge in [0.15, 0.2) is 0 Å². The summed E-state index contributed by atoms with van der Waals surface area (Å²) in [6, 6.07) is 2.33. The van der Waals surface area contributed by atoms with Gasteiger partial charge in [0.25, 0.3) is 5.91 Å². The third kappa shape index (κ3) is 2.57. The molecule has 2 rings (SSSR count). The lowest BCUT2D eigenvalue weighted by Gasteiger charge is -2.32. The molecule has 0 bridgehead atoms. The zero-order valence-electron chi connectivity index (χ0n) is 12.7. The van der Waals surface area contributed by atoms with E-state index < -0.39 is 0 Å². The Morgan fingerprint density at radius 3 is 2.25 bits per heavy atom. The van der Waals surface area contributed by atoms with Gasteiger partial charge in [0, 0.05) is 43.6 Å². The molecular weight excluding hydrogens is 254 g/mol. The van der Waals surface area contributed by atoms with Crippen molar-refractivity contribution >= 4 is 12.3 Å². The minimum atomic E-state index is 0.0792. The normalized spacial score (nSPS) is 15.8. The van der Waals surface area contributed by atoms with Gasteiger partial charge in [-0.15, -0.1) is 0 Å². The molecule has 0 unspecified atom stereocenters. The molecule has 1 aromatic rings. The Hall–Kier alpha value is -1.78. The van der Waals surface area contributed by atoms with Gasteiger partial charge in [-0.05, 0) is 33.8 Å². The lowest BCUT2D eigenvalue weighted by Crippen LogP contribution is -2.48. The van der Waals surface area contributed by atoms with Crippen LogP contribution in [0, 0.1) is 13.8 Å². The van der Waals surface area contributed by atoms with E-state index in [1.807, 2.05) is 24.8 Å². The number of carbonyl (C=O) groups is 2. The Kier molecular flexibility index (Phi) is 4.16. The van der Waals surface area contributed by atoms with E-state index in [1.165, 1.54) is 0 Å². The molecule has 1 aliphatic heterocycles. The number of hydrogen-bond donors (Lipinski definition) is 0. The van der Waals surface area contributed by atoms with Gasteiger partial charge in [0.2, 0.25) is 6.41 Å². The van der Waals surface area contributed by atoms with Crippen LogP contribution in [0.15, 0.2) is 6.07 Å². The van der Waals surface area contributed by atoms with E-state index in [9.17, 15) is 9.59 Å². The first-order valence-electron chi connectivity index (χ1n) is 7.12. The third-order valence-corrected chi connectivity index (χ3v) is 3.98. The second kappa shape index (κ2) is 5.69. The molecule has 0 radical (unpaired) electrons. The van der Waals surface area contributed by atoms with E-state index in [0.717, 1.165) is 23.4 Å². The van der Waals surface area contributed by atoms with Crippen LogP contribution in [0.4, 0.5) is 0 Å². The molecule has 20 heavy (non-hydrogen) atoms. The molecule has 0 spiro atoms. The predicted molar refractivity (Wildman–Crippen MR) is 77.8 cm³/mol. The number of aromatic nitrogens is 1. The van der Waals surface area contributed by atoms with Crippen molar-refractivity contribution in [1.82, 2.24) is 14.4 Å². The van der Waals surface area contributed by atoms with Crippen LogP contribution in [-0.4, -0.2) is 52.9 Å². The van der Waals surface area contributed by atoms with Gasteiger partial charge < -0.3 is 14.4 Å². The van der Waals surface area contributed by atoms with Crippen molar-refractivity contribution in [2.45, 2.75) is 33.7 Å². The van der Waals surface area contributed by atoms with E-state index in [4.69, 9.17) is 0 Å². The maximum atomic E-state index is 12.6. The summed E-state index contributed by atoms with van der Waals surface area (Å²) in [5.41, 5.74) is 2.93. The maximum absolute atomic E-state index is 12.6. The molecular formula is C15H23N3O2. The van der Waals surface area contributed by atoms with Crippen molar-refractivity contribution < 1.29 is 9.59 Å². The van der Waals surface area contributed by atoms with E-state index in [-0.39, 0.29) is 5.91 Å². The second-order valence-electron chi connectivity index (χ2n) is 5.68. The van der Waals surface area contributed by atoms with Crippen LogP contribution in [0.5, 0.6) is 0 Å². The van der Waals surface area contributed by atoms with Crippen molar-refractivity contribution in [2.24, 2.45) is 0 Å². The van der Waals surface area contributed by atoms with Gasteiger partial charge in [-0.2, -0.15) is 0 Å². The first kappa shape index (κ1) is 14.6. The van der Waals surface area contributed by atoms with Crippen LogP contribution in [0.25, 0.3) is 0 Å². The molecule has 2 heterocycles. The monoisotopic (exact) mass is 277 g/mol. The fourth-order valence-electron chi connectivity index (χ4n) is 2.99. The molecule has 5 heteroatoms. The Bertz CT molecular complexity index is 511. The number of carbonyl (C=O) groups excluding carboxylic acids is 2. The Balaban J connectivity index is 2.18. The molecule has 1 fully saturated rings. The summed E-state index contributed by atoms with van der Waals surface area (Å²) in [5.74, 6) is 0.0792. The summed E-state index contributed by atoms with van der Waals surface area (Å²) < 4.78 is 2.19. The average Bonchev–Trinajstić information content (AvgIpc) is 2.73. The highest BCUT2D eigenvalue weighted by atomic mass is 16.2. The van der Waals surface area contributed by atoms with E-state index >= 15 is 0 Å². The van der Waals surface area contributed by atoms with Gasteiger partial charge in [0.05, 0.1) is 5.56 Å². The molecule has 2 amide bonds. The van der Waals surface area contributed by atoms with Crippen molar-refractivity contribution in [1.29, 1.82) is 0 Å². The quantitative estimate of drug-likeness (QED) is 0.788. The van der Waals surface area contributed by atoms with Gasteiger partial charge in [-0.3, -0.25) is 9.59 Å². The van der Waals surface area contributed by atoms with Gasteiger partial charge in [-0.1, -0.05) is 0 Å². The molecule has 0 N–H and O–H groups in total. The smallest absolute Gasteiger partial charge is 0.255 e. The highest BCUT2D eigenvalue weighted by Crippen LogP contribution is 2.21. The largest absolute Gasteiger partial charge is 0.346 e. The zero-order valence-corrected chi connectivity index (χ0v) is 12.7. The number of rotatable bonds is 3. The van der Waals surface area contributed by atoms with Crippen LogP contribution < -0.4 is 0 Å². The topological polar surface area (TPSA) is 45.6 Å². The SMILES string of the molecule is Cc1cc(C(=O)N2CCN(C=O)CC2)c(C)n1C(C)C. The number of aryl methyl sites for hydroxylation is 1. The number of piperazine rings is 1. The van der Waals surface area contributed by atoms with Crippen LogP contribution in [-0.2, 0) is 4.79 Å². The van der Waals surface area contributed by atoms with Crippen molar-refractivity contribution in [3.8, 4) is 0 Å². The summed E-state index contributed by atoms with van der Waals surface area (Å²) in [7, 11) is 0. The number of amides is 2. The number of nitrogens with zero attached hydrogens (tertiary/aromatic N) is 3. The van der Waals surface area contributed by atoms with Gasteiger partial charge in [-0.25, -0.2) is 0 Å². The lowest BCUT2D eigenvalue weighted by molar-refractivity contribution is -0.119. The molecule has 0 aromatic carbocycles. The molecule has 1 aromatic heterocycles. The van der Waals surface area contributed by atoms with Gasteiger partial charge >= 0.3 is 0 Å². The highest BCUT2D eigenvalue weighted by Gasteiger charge is 2.25. The Morgan fingerprint density at radius 2 is 1.80 bits per heavy atom. The molecule has 110 valence electrons. The zero-order chi connectivity index (χ0) is 14.9. The average molecular weight is 277 g/mol. The second-order valence-corrected chi connectivity index (χ2v) is 5.68. The molecule has 0 saturated carbocycles. The van der Waals surface area contributed by atoms with E-state index in [0.29, 0.717) is 32.2 Å². The molecule has 5 nitrogen and oxygen atoms in total. The van der Waals surface area contributed by atoms with Crippen molar-refractivity contribution in [3.05, 3.63) is 23.0 Å². The fourth-order valence-corrected chi connectivity index (χ4v) is 2.99. The van der Waals surface area contributed by atoms with E-state index in [2.05, 4.69) is 18.4 Å². The van der Waals surface area contributed by atoms with Crippen LogP contribution >= 0.6 is 0 Å². The first-order chi connectivity index (χ1) is 9.45. The molecule has 1 saturated heterocycles. The standard InChI is InChI=1S/C15H23N3O2/c1-11(2)18-12(3)9-14(13(18)4)15(20)17-7-5-16(10-19)6-8-17/h9-11H,5-8H2,1-4H3. The Labute approximate surface area is 120 Å². The van der Waals surface area contributed by atoms with Crippen molar-refractivity contribution in [2.75, 3.05) is 26.2 Å². The van der Waals surface area contributed by atoms with Crippen LogP contribution in [0.3, 0.4) is 0 Å². The Morgan fingerprint density at radius 1 is 1.20 bits per heavy atom. The van der Waals surface area contributed by atoms with E-state index in [1.54, 1.807) is 4.90 Å². The highest BCUT2D eigenvalue weighted by molar-refractivity contribution is 5.95. The third-order valence-electron chi connectivity index (χ3n) is 3.98. The van der Waals surface area contributed by atoms with Crippen molar-refractivity contribution in [3.63, 3.8) is 0 Å². The minimum absolute atomic E-state index is 0.0792. The van der Waals surface area contributed by atoms with Gasteiger partial charge in [0.1, 0.15) is 0 Å². The first-order valence-corrected chi connectivity index (χ1v) is 7.12. The minimum Gasteiger partial charge on any atom is -0.346 e. The molecule has 0 aliphatic carbocycles. The molecule has 0 atom stereocenters.